The second-order valence-electron chi connectivity index (χ2n) is 17.2. The number of rotatable bonds is 15. The van der Waals surface area contributed by atoms with Gasteiger partial charge in [-0.25, -0.2) is 4.79 Å². The summed E-state index contributed by atoms with van der Waals surface area (Å²) < 4.78 is 27.4. The minimum atomic E-state index is -1.29. The first-order chi connectivity index (χ1) is 24.5. The standard InChI is InChI=1S/C38H57BrN6O5Si2/c1-38(2,3)50-37(46)43-16-14-28(15-17-43)25-49-35-33(39)36(44(26-47-18-20-51(4,5)6)27-48-19-21-52(7,8)9)45-34(42-35)31(24-41-45)30-22-29-12-10-11-13-32(29)40-23-30/h10-13,22-24,28H,14-21,25-27H2,1-9H3. The molecule has 0 saturated carbocycles. The highest BCUT2D eigenvalue weighted by Gasteiger charge is 2.29. The third-order valence-electron chi connectivity index (χ3n) is 8.95. The summed E-state index contributed by atoms with van der Waals surface area (Å²) in [6, 6.07) is 12.3. The molecule has 4 heterocycles. The fourth-order valence-electron chi connectivity index (χ4n) is 5.80. The summed E-state index contributed by atoms with van der Waals surface area (Å²) in [5.74, 6) is 1.48. The van der Waals surface area contributed by atoms with Crippen LogP contribution in [0.5, 0.6) is 5.88 Å². The largest absolute Gasteiger partial charge is 0.476 e. The number of hydrogen-bond donors (Lipinski definition) is 0. The van der Waals surface area contributed by atoms with E-state index in [2.05, 4.69) is 72.2 Å². The Morgan fingerprint density at radius 1 is 0.962 bits per heavy atom. The molecule has 4 aromatic rings. The quantitative estimate of drug-likeness (QED) is 0.0661. The Balaban J connectivity index is 1.46. The molecule has 5 rings (SSSR count). The number of ether oxygens (including phenoxy) is 4. The molecule has 1 aromatic carbocycles. The molecule has 1 aliphatic rings. The van der Waals surface area contributed by atoms with Crippen molar-refractivity contribution in [2.75, 3.05) is 51.3 Å². The second-order valence-corrected chi connectivity index (χ2v) is 29.3. The highest BCUT2D eigenvalue weighted by molar-refractivity contribution is 9.10. The number of benzene rings is 1. The lowest BCUT2D eigenvalue weighted by molar-refractivity contribution is 0.0163. The topological polar surface area (TPSA) is 104 Å². The van der Waals surface area contributed by atoms with E-state index in [0.29, 0.717) is 62.4 Å². The predicted octanol–water partition coefficient (Wildman–Crippen LogP) is 9.16. The predicted molar refractivity (Wildman–Crippen MR) is 218 cm³/mol. The van der Waals surface area contributed by atoms with E-state index in [1.54, 1.807) is 4.90 Å². The van der Waals surface area contributed by atoms with Crippen molar-refractivity contribution in [3.8, 4) is 17.0 Å². The first-order valence-electron chi connectivity index (χ1n) is 18.4. The summed E-state index contributed by atoms with van der Waals surface area (Å²) in [4.78, 5) is 26.4. The number of hydrogen-bond acceptors (Lipinski definition) is 9. The maximum atomic E-state index is 12.7. The van der Waals surface area contributed by atoms with Gasteiger partial charge in [-0.15, -0.1) is 0 Å². The molecule has 0 aliphatic carbocycles. The number of carbonyl (C=O) groups is 1. The third kappa shape index (κ3) is 11.2. The molecule has 0 spiro atoms. The van der Waals surface area contributed by atoms with Crippen molar-refractivity contribution < 1.29 is 23.7 Å². The molecular formula is C38H57BrN6O5Si2. The normalized spacial score (nSPS) is 14.7. The van der Waals surface area contributed by atoms with Gasteiger partial charge in [0.05, 0.1) is 18.3 Å². The Morgan fingerprint density at radius 2 is 1.60 bits per heavy atom. The van der Waals surface area contributed by atoms with E-state index in [4.69, 9.17) is 34.0 Å². The fourth-order valence-corrected chi connectivity index (χ4v) is 7.94. The summed E-state index contributed by atoms with van der Waals surface area (Å²) in [6.45, 7) is 23.5. The Morgan fingerprint density at radius 3 is 2.21 bits per heavy atom. The molecule has 3 aromatic heterocycles. The molecule has 14 heteroatoms. The van der Waals surface area contributed by atoms with Gasteiger partial charge in [-0.3, -0.25) is 4.98 Å². The van der Waals surface area contributed by atoms with Gasteiger partial charge < -0.3 is 28.7 Å². The third-order valence-corrected chi connectivity index (χ3v) is 13.0. The van der Waals surface area contributed by atoms with Crippen molar-refractivity contribution in [3.63, 3.8) is 0 Å². The molecule has 0 N–H and O–H groups in total. The number of halogens is 1. The molecule has 1 fully saturated rings. The van der Waals surface area contributed by atoms with Crippen LogP contribution < -0.4 is 9.64 Å². The van der Waals surface area contributed by atoms with Gasteiger partial charge in [0.2, 0.25) is 5.88 Å². The van der Waals surface area contributed by atoms with Gasteiger partial charge in [0.1, 0.15) is 23.5 Å². The van der Waals surface area contributed by atoms with Gasteiger partial charge in [-0.05, 0) is 79.7 Å². The number of piperidine rings is 1. The van der Waals surface area contributed by atoms with Gasteiger partial charge in [0, 0.05) is 65.2 Å². The summed E-state index contributed by atoms with van der Waals surface area (Å²) in [5.41, 5.74) is 2.83. The van der Waals surface area contributed by atoms with Crippen LogP contribution >= 0.6 is 15.9 Å². The number of carbonyl (C=O) groups excluding carboxylic acids is 1. The number of anilines is 1. The number of aromatic nitrogens is 4. The number of nitrogens with zero attached hydrogens (tertiary/aromatic N) is 6. The minimum absolute atomic E-state index is 0.257. The number of para-hydroxylation sites is 1. The van der Waals surface area contributed by atoms with Gasteiger partial charge in [-0.1, -0.05) is 57.5 Å². The molecule has 1 amide bonds. The molecule has 0 unspecified atom stereocenters. The van der Waals surface area contributed by atoms with Crippen LogP contribution in [-0.4, -0.2) is 98.7 Å². The highest BCUT2D eigenvalue weighted by Crippen LogP contribution is 2.38. The van der Waals surface area contributed by atoms with Crippen LogP contribution in [0.1, 0.15) is 33.6 Å². The summed E-state index contributed by atoms with van der Waals surface area (Å²) in [7, 11) is -2.58. The molecule has 0 bridgehead atoms. The maximum absolute atomic E-state index is 12.7. The lowest BCUT2D eigenvalue weighted by atomic mass is 9.98. The van der Waals surface area contributed by atoms with Crippen molar-refractivity contribution >= 4 is 60.5 Å². The monoisotopic (exact) mass is 812 g/mol. The van der Waals surface area contributed by atoms with Crippen molar-refractivity contribution in [1.29, 1.82) is 0 Å². The van der Waals surface area contributed by atoms with E-state index >= 15 is 0 Å². The second kappa shape index (κ2) is 17.0. The highest BCUT2D eigenvalue weighted by atomic mass is 79.9. The Labute approximate surface area is 319 Å². The van der Waals surface area contributed by atoms with Crippen LogP contribution in [0.4, 0.5) is 10.6 Å². The van der Waals surface area contributed by atoms with Gasteiger partial charge >= 0.3 is 6.09 Å². The Hall–Kier alpha value is -3.05. The molecule has 1 aliphatic heterocycles. The van der Waals surface area contributed by atoms with Crippen LogP contribution in [-0.2, 0) is 14.2 Å². The lowest BCUT2D eigenvalue weighted by Gasteiger charge is -2.33. The van der Waals surface area contributed by atoms with E-state index < -0.39 is 21.7 Å². The van der Waals surface area contributed by atoms with Gasteiger partial charge in [0.25, 0.3) is 0 Å². The Bertz CT molecular complexity index is 1790. The van der Waals surface area contributed by atoms with Crippen LogP contribution in [0.2, 0.25) is 51.4 Å². The van der Waals surface area contributed by atoms with Crippen molar-refractivity contribution in [2.45, 2.75) is 90.6 Å². The maximum Gasteiger partial charge on any atom is 0.410 e. The van der Waals surface area contributed by atoms with E-state index in [1.165, 1.54) is 0 Å². The average Bonchev–Trinajstić information content (AvgIpc) is 3.48. The van der Waals surface area contributed by atoms with Crippen molar-refractivity contribution in [1.82, 2.24) is 24.5 Å². The molecule has 284 valence electrons. The van der Waals surface area contributed by atoms with E-state index in [1.807, 2.05) is 55.9 Å². The molecule has 0 radical (unpaired) electrons. The molecular weight excluding hydrogens is 757 g/mol. The van der Waals surface area contributed by atoms with Gasteiger partial charge in [-0.2, -0.15) is 14.6 Å². The van der Waals surface area contributed by atoms with Gasteiger partial charge in [0.15, 0.2) is 11.5 Å². The smallest absolute Gasteiger partial charge is 0.410 e. The average molecular weight is 814 g/mol. The van der Waals surface area contributed by atoms with Crippen molar-refractivity contribution in [3.05, 3.63) is 47.2 Å². The van der Waals surface area contributed by atoms with Crippen LogP contribution in [0.25, 0.3) is 27.7 Å². The fraction of sp³-hybridized carbons (Fsp3) is 0.579. The van der Waals surface area contributed by atoms with E-state index in [9.17, 15) is 4.79 Å². The summed E-state index contributed by atoms with van der Waals surface area (Å²) >= 11 is 3.89. The number of amides is 1. The molecule has 1 saturated heterocycles. The SMILES string of the molecule is CC(C)(C)OC(=O)N1CCC(COc2nc3c(-c4cnc5ccccc5c4)cnn3c(N(COCC[Si](C)(C)C)COCC[Si](C)(C)C)c2Br)CC1. The van der Waals surface area contributed by atoms with Crippen LogP contribution in [0.15, 0.2) is 47.2 Å². The van der Waals surface area contributed by atoms with E-state index in [0.717, 1.165) is 52.8 Å². The zero-order valence-corrected chi connectivity index (χ0v) is 36.1. The molecule has 0 atom stereocenters. The lowest BCUT2D eigenvalue weighted by Crippen LogP contribution is -2.42. The first-order valence-corrected chi connectivity index (χ1v) is 26.6. The number of likely N-dealkylation sites (tertiary alicyclic amines) is 1. The molecule has 11 nitrogen and oxygen atoms in total. The minimum Gasteiger partial charge on any atom is -0.476 e. The van der Waals surface area contributed by atoms with Crippen molar-refractivity contribution in [2.24, 2.45) is 5.92 Å². The summed E-state index contributed by atoms with van der Waals surface area (Å²) in [6.07, 6.45) is 5.08. The number of fused-ring (bicyclic) bond motifs is 2. The zero-order chi connectivity index (χ0) is 37.7. The Kier molecular flexibility index (Phi) is 13.1. The molecule has 52 heavy (non-hydrogen) atoms. The van der Waals surface area contributed by atoms with E-state index in [-0.39, 0.29) is 12.0 Å². The zero-order valence-electron chi connectivity index (χ0n) is 32.5. The number of pyridine rings is 1. The summed E-state index contributed by atoms with van der Waals surface area (Å²) in [5, 5.41) is 5.93. The van der Waals surface area contributed by atoms with Crippen LogP contribution in [0.3, 0.4) is 0 Å². The first kappa shape index (κ1) is 40.1. The van der Waals surface area contributed by atoms with Crippen LogP contribution in [0, 0.1) is 5.92 Å².